The van der Waals surface area contributed by atoms with Crippen LogP contribution in [0.2, 0.25) is 0 Å². The summed E-state index contributed by atoms with van der Waals surface area (Å²) in [5, 5.41) is 22.7. The number of nitrogen functional groups attached to an aromatic ring is 1. The second kappa shape index (κ2) is 5.48. The Kier molecular flexibility index (Phi) is 3.64. The molecule has 0 bridgehead atoms. The molecular formula is C12H16N6O4. The van der Waals surface area contributed by atoms with Crippen LogP contribution in [0.4, 0.5) is 5.82 Å². The van der Waals surface area contributed by atoms with Gasteiger partial charge in [0.15, 0.2) is 23.8 Å². The van der Waals surface area contributed by atoms with Crippen LogP contribution in [-0.4, -0.2) is 60.5 Å². The van der Waals surface area contributed by atoms with Crippen molar-refractivity contribution in [3.8, 4) is 0 Å². The fourth-order valence-electron chi connectivity index (χ4n) is 2.44. The van der Waals surface area contributed by atoms with Gasteiger partial charge in [0.1, 0.15) is 24.1 Å². The molecule has 1 aliphatic rings. The first kappa shape index (κ1) is 14.6. The highest BCUT2D eigenvalue weighted by Gasteiger charge is 2.47. The number of carbonyl (C=O) groups excluding carboxylic acids is 1. The van der Waals surface area contributed by atoms with Crippen molar-refractivity contribution in [1.82, 2.24) is 24.8 Å². The molecule has 22 heavy (non-hydrogen) atoms. The van der Waals surface area contributed by atoms with Crippen LogP contribution in [0.15, 0.2) is 12.7 Å². The lowest BCUT2D eigenvalue weighted by atomic mass is 10.1. The van der Waals surface area contributed by atoms with E-state index in [1.165, 1.54) is 17.2 Å². The summed E-state index contributed by atoms with van der Waals surface area (Å²) >= 11 is 0. The predicted octanol–water partition coefficient (Wildman–Crippen LogP) is -1.84. The normalized spacial score (nSPS) is 28.1. The number of amides is 1. The Hall–Kier alpha value is -2.30. The van der Waals surface area contributed by atoms with Crippen molar-refractivity contribution in [2.24, 2.45) is 0 Å². The first-order valence-electron chi connectivity index (χ1n) is 6.77. The molecule has 1 aliphatic heterocycles. The monoisotopic (exact) mass is 308 g/mol. The molecule has 10 heteroatoms. The number of ether oxygens (including phenoxy) is 1. The highest BCUT2D eigenvalue weighted by atomic mass is 16.6. The van der Waals surface area contributed by atoms with E-state index in [-0.39, 0.29) is 5.82 Å². The van der Waals surface area contributed by atoms with Gasteiger partial charge in [0.05, 0.1) is 6.33 Å². The van der Waals surface area contributed by atoms with Gasteiger partial charge in [-0.3, -0.25) is 9.36 Å². The third-order valence-electron chi connectivity index (χ3n) is 3.51. The third kappa shape index (κ3) is 2.17. The first-order valence-corrected chi connectivity index (χ1v) is 6.77. The molecule has 3 rings (SSSR count). The number of aliphatic hydroxyl groups is 2. The van der Waals surface area contributed by atoms with Crippen molar-refractivity contribution >= 4 is 22.9 Å². The number of nitrogens with two attached hydrogens (primary N) is 1. The maximum Gasteiger partial charge on any atom is 0.252 e. The second-order valence-corrected chi connectivity index (χ2v) is 4.91. The van der Waals surface area contributed by atoms with E-state index < -0.39 is 30.4 Å². The molecule has 1 fully saturated rings. The van der Waals surface area contributed by atoms with E-state index in [1.54, 1.807) is 6.92 Å². The molecule has 0 aromatic carbocycles. The van der Waals surface area contributed by atoms with Gasteiger partial charge < -0.3 is 26.0 Å². The van der Waals surface area contributed by atoms with Crippen molar-refractivity contribution in [1.29, 1.82) is 0 Å². The lowest BCUT2D eigenvalue weighted by Gasteiger charge is -2.16. The van der Waals surface area contributed by atoms with Crippen LogP contribution in [0.5, 0.6) is 0 Å². The lowest BCUT2D eigenvalue weighted by molar-refractivity contribution is -0.137. The Labute approximate surface area is 124 Å². The molecule has 0 aliphatic carbocycles. The minimum absolute atomic E-state index is 0.192. The van der Waals surface area contributed by atoms with Gasteiger partial charge in [0.25, 0.3) is 5.91 Å². The van der Waals surface area contributed by atoms with E-state index in [1.807, 2.05) is 0 Å². The zero-order valence-corrected chi connectivity index (χ0v) is 11.7. The summed E-state index contributed by atoms with van der Waals surface area (Å²) < 4.78 is 6.92. The number of anilines is 1. The molecule has 5 N–H and O–H groups in total. The van der Waals surface area contributed by atoms with Crippen LogP contribution in [0.3, 0.4) is 0 Å². The first-order chi connectivity index (χ1) is 10.5. The van der Waals surface area contributed by atoms with Gasteiger partial charge in [-0.15, -0.1) is 0 Å². The number of likely N-dealkylation sites (N-methyl/N-ethyl adjacent to an activating group) is 1. The standard InChI is InChI=1S/C12H16N6O4/c1-2-14-11(21)8-6(19)7(20)12(22-8)18-4-17-5-9(13)15-3-16-10(5)18/h3-4,6-8,12,19-20H,2H2,1H3,(H,14,21)(H2,13,15,16)/t6-,7+,8+,12-/m0/s1. The lowest BCUT2D eigenvalue weighted by Crippen LogP contribution is -2.42. The van der Waals surface area contributed by atoms with Crippen LogP contribution >= 0.6 is 0 Å². The quantitative estimate of drug-likeness (QED) is 0.517. The topological polar surface area (TPSA) is 148 Å². The number of nitrogens with one attached hydrogen (secondary N) is 1. The number of hydrogen-bond acceptors (Lipinski definition) is 8. The number of fused-ring (bicyclic) bond motifs is 1. The molecule has 1 amide bonds. The molecule has 2 aromatic rings. The minimum Gasteiger partial charge on any atom is -0.387 e. The van der Waals surface area contributed by atoms with Crippen LogP contribution in [0.1, 0.15) is 13.2 Å². The molecular weight excluding hydrogens is 292 g/mol. The summed E-state index contributed by atoms with van der Waals surface area (Å²) in [5.41, 5.74) is 6.40. The number of nitrogens with zero attached hydrogens (tertiary/aromatic N) is 4. The third-order valence-corrected chi connectivity index (χ3v) is 3.51. The Bertz CT molecular complexity index is 704. The van der Waals surface area contributed by atoms with E-state index in [0.29, 0.717) is 17.7 Å². The maximum absolute atomic E-state index is 11.9. The van der Waals surface area contributed by atoms with Crippen molar-refractivity contribution in [3.63, 3.8) is 0 Å². The van der Waals surface area contributed by atoms with Gasteiger partial charge in [-0.05, 0) is 6.92 Å². The Morgan fingerprint density at radius 1 is 1.41 bits per heavy atom. The zero-order chi connectivity index (χ0) is 15.9. The highest BCUT2D eigenvalue weighted by Crippen LogP contribution is 2.31. The molecule has 0 saturated carbocycles. The minimum atomic E-state index is -1.35. The number of aliphatic hydroxyl groups excluding tert-OH is 2. The number of imidazole rings is 1. The van der Waals surface area contributed by atoms with Crippen LogP contribution < -0.4 is 11.1 Å². The van der Waals surface area contributed by atoms with E-state index in [4.69, 9.17) is 10.5 Å². The van der Waals surface area contributed by atoms with Crippen molar-refractivity contribution in [2.45, 2.75) is 31.5 Å². The molecule has 1 saturated heterocycles. The smallest absolute Gasteiger partial charge is 0.252 e. The molecule has 0 unspecified atom stereocenters. The van der Waals surface area contributed by atoms with Gasteiger partial charge in [-0.2, -0.15) is 0 Å². The van der Waals surface area contributed by atoms with Crippen LogP contribution in [0, 0.1) is 0 Å². The summed E-state index contributed by atoms with van der Waals surface area (Å²) in [5.74, 6) is -0.299. The van der Waals surface area contributed by atoms with Gasteiger partial charge in [0, 0.05) is 6.54 Å². The molecule has 4 atom stereocenters. The van der Waals surface area contributed by atoms with E-state index in [2.05, 4.69) is 20.3 Å². The highest BCUT2D eigenvalue weighted by molar-refractivity contribution is 5.82. The van der Waals surface area contributed by atoms with Crippen molar-refractivity contribution < 1.29 is 19.7 Å². The van der Waals surface area contributed by atoms with Gasteiger partial charge in [0.2, 0.25) is 0 Å². The summed E-state index contributed by atoms with van der Waals surface area (Å²) in [6.45, 7) is 2.14. The molecule has 118 valence electrons. The van der Waals surface area contributed by atoms with Gasteiger partial charge >= 0.3 is 0 Å². The zero-order valence-electron chi connectivity index (χ0n) is 11.7. The molecule has 2 aromatic heterocycles. The summed E-state index contributed by atoms with van der Waals surface area (Å²) in [7, 11) is 0. The Morgan fingerprint density at radius 2 is 2.18 bits per heavy atom. The fraction of sp³-hybridized carbons (Fsp3) is 0.500. The average Bonchev–Trinajstić information content (AvgIpc) is 3.03. The number of hydrogen-bond donors (Lipinski definition) is 4. The molecule has 3 heterocycles. The number of rotatable bonds is 3. The van der Waals surface area contributed by atoms with Crippen LogP contribution in [0.25, 0.3) is 11.2 Å². The SMILES string of the molecule is CCNC(=O)[C@@H]1O[C@H](n2cnc3c(N)ncnc32)[C@H](O)[C@@H]1O. The predicted molar refractivity (Wildman–Crippen MR) is 74.3 cm³/mol. The van der Waals surface area contributed by atoms with Gasteiger partial charge in [-0.25, -0.2) is 15.0 Å². The van der Waals surface area contributed by atoms with E-state index in [0.717, 1.165) is 0 Å². The van der Waals surface area contributed by atoms with Crippen LogP contribution in [-0.2, 0) is 9.53 Å². The number of aromatic nitrogens is 4. The fourth-order valence-corrected chi connectivity index (χ4v) is 2.44. The number of carbonyl (C=O) groups is 1. The largest absolute Gasteiger partial charge is 0.387 e. The Balaban J connectivity index is 1.94. The Morgan fingerprint density at radius 3 is 2.91 bits per heavy atom. The summed E-state index contributed by atoms with van der Waals surface area (Å²) in [6.07, 6.45) is -2.20. The van der Waals surface area contributed by atoms with Gasteiger partial charge in [-0.1, -0.05) is 0 Å². The molecule has 0 radical (unpaired) electrons. The second-order valence-electron chi connectivity index (χ2n) is 4.91. The van der Waals surface area contributed by atoms with E-state index >= 15 is 0 Å². The summed E-state index contributed by atoms with van der Waals surface area (Å²) in [6, 6.07) is 0. The maximum atomic E-state index is 11.9. The molecule has 0 spiro atoms. The average molecular weight is 308 g/mol. The summed E-state index contributed by atoms with van der Waals surface area (Å²) in [4.78, 5) is 23.8. The van der Waals surface area contributed by atoms with E-state index in [9.17, 15) is 15.0 Å². The molecule has 10 nitrogen and oxygen atoms in total. The van der Waals surface area contributed by atoms with Crippen molar-refractivity contribution in [2.75, 3.05) is 12.3 Å². The van der Waals surface area contributed by atoms with Crippen molar-refractivity contribution in [3.05, 3.63) is 12.7 Å².